The smallest absolute Gasteiger partial charge is 0.258 e. The van der Waals surface area contributed by atoms with Gasteiger partial charge in [0.25, 0.3) is 5.91 Å². The van der Waals surface area contributed by atoms with Crippen molar-refractivity contribution in [3.8, 4) is 0 Å². The van der Waals surface area contributed by atoms with Crippen molar-refractivity contribution in [2.75, 3.05) is 11.1 Å². The maximum absolute atomic E-state index is 14.0. The quantitative estimate of drug-likeness (QED) is 0.659. The Balaban J connectivity index is 2.39. The highest BCUT2D eigenvalue weighted by Crippen LogP contribution is 2.25. The lowest BCUT2D eigenvalue weighted by Crippen LogP contribution is -2.16. The predicted molar refractivity (Wildman–Crippen MR) is 77.5 cm³/mol. The number of nitrogens with one attached hydrogen (secondary N) is 1. The highest BCUT2D eigenvalue weighted by Gasteiger charge is 2.17. The summed E-state index contributed by atoms with van der Waals surface area (Å²) in [5.74, 6) is -1.22. The van der Waals surface area contributed by atoms with E-state index in [2.05, 4.69) is 10.3 Å². The molecule has 0 saturated carbocycles. The van der Waals surface area contributed by atoms with Gasteiger partial charge in [-0.1, -0.05) is 11.6 Å². The van der Waals surface area contributed by atoms with Crippen LogP contribution >= 0.6 is 11.6 Å². The van der Waals surface area contributed by atoms with Crippen LogP contribution in [0.2, 0.25) is 5.15 Å². The van der Waals surface area contributed by atoms with Crippen LogP contribution in [0.25, 0.3) is 0 Å². The molecule has 1 aromatic heterocycles. The van der Waals surface area contributed by atoms with Crippen molar-refractivity contribution >= 4 is 28.9 Å². The summed E-state index contributed by atoms with van der Waals surface area (Å²) in [7, 11) is 0. The minimum atomic E-state index is -0.615. The Morgan fingerprint density at radius 3 is 2.70 bits per heavy atom. The highest BCUT2D eigenvalue weighted by molar-refractivity contribution is 6.32. The summed E-state index contributed by atoms with van der Waals surface area (Å²) in [6.07, 6.45) is 1.53. The second kappa shape index (κ2) is 5.46. The van der Waals surface area contributed by atoms with Gasteiger partial charge >= 0.3 is 0 Å². The number of nitrogens with two attached hydrogens (primary N) is 1. The van der Waals surface area contributed by atoms with E-state index in [-0.39, 0.29) is 10.7 Å². The first kappa shape index (κ1) is 14.3. The number of hydrogen-bond acceptors (Lipinski definition) is 3. The topological polar surface area (TPSA) is 68.0 Å². The van der Waals surface area contributed by atoms with Crippen molar-refractivity contribution in [3.05, 3.63) is 52.1 Å². The van der Waals surface area contributed by atoms with Crippen LogP contribution in [0, 0.1) is 19.7 Å². The number of anilines is 2. The van der Waals surface area contributed by atoms with Crippen LogP contribution in [0.5, 0.6) is 0 Å². The minimum absolute atomic E-state index is 0.123. The maximum Gasteiger partial charge on any atom is 0.258 e. The number of hydrogen-bond donors (Lipinski definition) is 2. The molecule has 2 rings (SSSR count). The van der Waals surface area contributed by atoms with E-state index in [9.17, 15) is 9.18 Å². The summed E-state index contributed by atoms with van der Waals surface area (Å²) in [4.78, 5) is 16.0. The summed E-state index contributed by atoms with van der Waals surface area (Å²) in [6, 6.07) is 4.45. The van der Waals surface area contributed by atoms with Crippen LogP contribution in [-0.4, -0.2) is 10.9 Å². The van der Waals surface area contributed by atoms with Gasteiger partial charge in [-0.05, 0) is 43.2 Å². The molecule has 1 heterocycles. The number of amides is 1. The standard InChI is InChI=1S/C14H13ClFN3O/c1-7-3-4-18-13(15)12(7)19-14(20)10-6-9(17)5-8(2)11(10)16/h3-6H,17H2,1-2H3,(H,19,20). The molecule has 20 heavy (non-hydrogen) atoms. The van der Waals surface area contributed by atoms with Crippen molar-refractivity contribution in [1.82, 2.24) is 4.98 Å². The van der Waals surface area contributed by atoms with E-state index >= 15 is 0 Å². The summed E-state index contributed by atoms with van der Waals surface area (Å²) in [5.41, 5.74) is 7.24. The number of halogens is 2. The molecule has 0 unspecified atom stereocenters. The van der Waals surface area contributed by atoms with E-state index in [1.807, 2.05) is 0 Å². The molecule has 0 aliphatic carbocycles. The third-order valence-corrected chi connectivity index (χ3v) is 3.16. The Morgan fingerprint density at radius 2 is 2.05 bits per heavy atom. The predicted octanol–water partition coefficient (Wildman–Crippen LogP) is 3.33. The number of aryl methyl sites for hydroxylation is 2. The van der Waals surface area contributed by atoms with Gasteiger partial charge in [-0.2, -0.15) is 0 Å². The zero-order valence-corrected chi connectivity index (χ0v) is 11.8. The molecule has 0 aliphatic rings. The molecule has 1 aromatic carbocycles. The molecule has 0 saturated heterocycles. The molecule has 3 N–H and O–H groups in total. The molecule has 6 heteroatoms. The number of carbonyl (C=O) groups is 1. The van der Waals surface area contributed by atoms with Crippen LogP contribution in [0.3, 0.4) is 0 Å². The fraction of sp³-hybridized carbons (Fsp3) is 0.143. The first-order chi connectivity index (χ1) is 9.40. The molecule has 104 valence electrons. The monoisotopic (exact) mass is 293 g/mol. The number of nitrogens with zero attached hydrogens (tertiary/aromatic N) is 1. The fourth-order valence-electron chi connectivity index (χ4n) is 1.82. The molecule has 0 atom stereocenters. The third-order valence-electron chi connectivity index (χ3n) is 2.87. The summed E-state index contributed by atoms with van der Waals surface area (Å²) in [5, 5.41) is 2.71. The molecule has 0 bridgehead atoms. The van der Waals surface area contributed by atoms with Crippen LogP contribution < -0.4 is 11.1 Å². The van der Waals surface area contributed by atoms with E-state index < -0.39 is 11.7 Å². The lowest BCUT2D eigenvalue weighted by atomic mass is 10.1. The zero-order chi connectivity index (χ0) is 14.9. The van der Waals surface area contributed by atoms with Crippen LogP contribution in [-0.2, 0) is 0 Å². The van der Waals surface area contributed by atoms with Crippen molar-refractivity contribution < 1.29 is 9.18 Å². The van der Waals surface area contributed by atoms with Gasteiger partial charge in [0, 0.05) is 11.9 Å². The van der Waals surface area contributed by atoms with Crippen LogP contribution in [0.15, 0.2) is 24.4 Å². The molecular formula is C14H13ClFN3O. The highest BCUT2D eigenvalue weighted by atomic mass is 35.5. The number of pyridine rings is 1. The summed E-state index contributed by atoms with van der Waals surface area (Å²) >= 11 is 5.92. The Kier molecular flexibility index (Phi) is 3.90. The van der Waals surface area contributed by atoms with Gasteiger partial charge in [-0.25, -0.2) is 9.37 Å². The molecular weight excluding hydrogens is 281 g/mol. The average molecular weight is 294 g/mol. The van der Waals surface area contributed by atoms with E-state index in [1.54, 1.807) is 19.9 Å². The largest absolute Gasteiger partial charge is 0.399 e. The van der Waals surface area contributed by atoms with Crippen molar-refractivity contribution in [2.45, 2.75) is 13.8 Å². The van der Waals surface area contributed by atoms with E-state index in [4.69, 9.17) is 17.3 Å². The summed E-state index contributed by atoms with van der Waals surface area (Å²) in [6.45, 7) is 3.31. The molecule has 4 nitrogen and oxygen atoms in total. The Bertz CT molecular complexity index is 668. The Labute approximate surface area is 120 Å². The lowest BCUT2D eigenvalue weighted by Gasteiger charge is -2.11. The molecule has 2 aromatic rings. The van der Waals surface area contributed by atoms with Gasteiger partial charge in [-0.3, -0.25) is 4.79 Å². The minimum Gasteiger partial charge on any atom is -0.399 e. The number of nitrogen functional groups attached to an aromatic ring is 1. The van der Waals surface area contributed by atoms with Gasteiger partial charge in [-0.15, -0.1) is 0 Å². The Morgan fingerprint density at radius 1 is 1.35 bits per heavy atom. The third kappa shape index (κ3) is 2.72. The van der Waals surface area contributed by atoms with Crippen molar-refractivity contribution in [1.29, 1.82) is 0 Å². The summed E-state index contributed by atoms with van der Waals surface area (Å²) < 4.78 is 14.0. The second-order valence-electron chi connectivity index (χ2n) is 4.45. The first-order valence-electron chi connectivity index (χ1n) is 5.88. The first-order valence-corrected chi connectivity index (χ1v) is 6.26. The van der Waals surface area contributed by atoms with Crippen LogP contribution in [0.4, 0.5) is 15.8 Å². The van der Waals surface area contributed by atoms with Gasteiger partial charge in [0.2, 0.25) is 0 Å². The van der Waals surface area contributed by atoms with Gasteiger partial charge < -0.3 is 11.1 Å². The molecule has 1 amide bonds. The SMILES string of the molecule is Cc1cc(N)cc(C(=O)Nc2c(C)ccnc2Cl)c1F. The number of carbonyl (C=O) groups excluding carboxylic acids is 1. The Hall–Kier alpha value is -2.14. The van der Waals surface area contributed by atoms with Gasteiger partial charge in [0.1, 0.15) is 5.82 Å². The molecule has 0 fully saturated rings. The average Bonchev–Trinajstić information content (AvgIpc) is 2.38. The fourth-order valence-corrected chi connectivity index (χ4v) is 2.07. The van der Waals surface area contributed by atoms with Crippen molar-refractivity contribution in [3.63, 3.8) is 0 Å². The van der Waals surface area contributed by atoms with E-state index in [0.29, 0.717) is 16.9 Å². The van der Waals surface area contributed by atoms with Crippen molar-refractivity contribution in [2.24, 2.45) is 0 Å². The number of aromatic nitrogens is 1. The van der Waals surface area contributed by atoms with Gasteiger partial charge in [0.05, 0.1) is 11.3 Å². The lowest BCUT2D eigenvalue weighted by molar-refractivity contribution is 0.102. The zero-order valence-electron chi connectivity index (χ0n) is 11.0. The molecule has 0 spiro atoms. The van der Waals surface area contributed by atoms with E-state index in [0.717, 1.165) is 5.56 Å². The van der Waals surface area contributed by atoms with E-state index in [1.165, 1.54) is 18.3 Å². The molecule has 0 aliphatic heterocycles. The van der Waals surface area contributed by atoms with Crippen LogP contribution in [0.1, 0.15) is 21.5 Å². The number of benzene rings is 1. The van der Waals surface area contributed by atoms with Gasteiger partial charge in [0.15, 0.2) is 5.15 Å². The maximum atomic E-state index is 14.0. The molecule has 0 radical (unpaired) electrons. The normalized spacial score (nSPS) is 10.4. The second-order valence-corrected chi connectivity index (χ2v) is 4.81. The number of rotatable bonds is 2.